The van der Waals surface area contributed by atoms with E-state index in [1.54, 1.807) is 0 Å². The van der Waals surface area contributed by atoms with Crippen LogP contribution in [0.5, 0.6) is 11.6 Å². The van der Waals surface area contributed by atoms with E-state index in [0.29, 0.717) is 0 Å². The van der Waals surface area contributed by atoms with Crippen LogP contribution < -0.4 is 16.2 Å². The van der Waals surface area contributed by atoms with Gasteiger partial charge in [-0.1, -0.05) is 0 Å². The number of carbonyl (C=O) groups excluding carboxylic acids is 1. The number of nitrogens with two attached hydrogens (primary N) is 2. The molecule has 0 saturated heterocycles. The highest BCUT2D eigenvalue weighted by Gasteiger charge is 2.06. The summed E-state index contributed by atoms with van der Waals surface area (Å²) in [4.78, 5) is 14.7. The molecule has 2 aromatic rings. The van der Waals surface area contributed by atoms with Crippen LogP contribution in [-0.2, 0) is 0 Å². The Morgan fingerprint density at radius 2 is 2.06 bits per heavy atom. The van der Waals surface area contributed by atoms with Crippen molar-refractivity contribution in [2.24, 2.45) is 5.73 Å². The van der Waals surface area contributed by atoms with Gasteiger partial charge in [0.05, 0.1) is 11.3 Å². The van der Waals surface area contributed by atoms with Gasteiger partial charge < -0.3 is 16.2 Å². The van der Waals surface area contributed by atoms with Gasteiger partial charge in [0.15, 0.2) is 5.75 Å². The van der Waals surface area contributed by atoms with Crippen LogP contribution in [0.1, 0.15) is 10.4 Å². The monoisotopic (exact) mass is 247 g/mol. The highest BCUT2D eigenvalue weighted by molar-refractivity contribution is 5.92. The van der Waals surface area contributed by atoms with E-state index in [-0.39, 0.29) is 22.9 Å². The van der Waals surface area contributed by atoms with Crippen LogP contribution in [0.15, 0.2) is 36.5 Å². The number of hydrogen-bond donors (Lipinski definition) is 2. The van der Waals surface area contributed by atoms with Crippen LogP contribution in [0.4, 0.5) is 10.1 Å². The van der Waals surface area contributed by atoms with Gasteiger partial charge in [-0.25, -0.2) is 9.37 Å². The van der Waals surface area contributed by atoms with E-state index in [1.165, 1.54) is 30.5 Å². The van der Waals surface area contributed by atoms with Crippen molar-refractivity contribution in [3.63, 3.8) is 0 Å². The van der Waals surface area contributed by atoms with E-state index in [2.05, 4.69) is 4.98 Å². The first-order chi connectivity index (χ1) is 8.56. The molecule has 0 fully saturated rings. The zero-order valence-electron chi connectivity index (χ0n) is 9.26. The summed E-state index contributed by atoms with van der Waals surface area (Å²) in [5.41, 5.74) is 11.1. The molecule has 1 aromatic carbocycles. The second-order valence-corrected chi connectivity index (χ2v) is 3.53. The number of anilines is 1. The summed E-state index contributed by atoms with van der Waals surface area (Å²) in [6, 6.07) is 6.72. The fraction of sp³-hybridized carbons (Fsp3) is 0. The van der Waals surface area contributed by atoms with Crippen molar-refractivity contribution in [1.29, 1.82) is 0 Å². The van der Waals surface area contributed by atoms with Gasteiger partial charge in [0, 0.05) is 18.3 Å². The van der Waals surface area contributed by atoms with Crippen molar-refractivity contribution in [3.05, 3.63) is 47.9 Å². The molecule has 6 heteroatoms. The SMILES string of the molecule is NC(=O)c1ccc(Oc2ccc(F)cc2N)nc1. The van der Waals surface area contributed by atoms with Crippen LogP contribution in [0, 0.1) is 5.82 Å². The molecule has 4 N–H and O–H groups in total. The minimum absolute atomic E-state index is 0.163. The number of carbonyl (C=O) groups is 1. The average Bonchev–Trinajstić information content (AvgIpc) is 2.33. The lowest BCUT2D eigenvalue weighted by Crippen LogP contribution is -2.10. The van der Waals surface area contributed by atoms with Crippen LogP contribution in [0.2, 0.25) is 0 Å². The first kappa shape index (κ1) is 11.8. The highest BCUT2D eigenvalue weighted by atomic mass is 19.1. The summed E-state index contributed by atoms with van der Waals surface area (Å²) in [6.45, 7) is 0. The van der Waals surface area contributed by atoms with E-state index in [9.17, 15) is 9.18 Å². The summed E-state index contributed by atoms with van der Waals surface area (Å²) < 4.78 is 18.2. The molecule has 0 aliphatic rings. The Hall–Kier alpha value is -2.63. The van der Waals surface area contributed by atoms with E-state index < -0.39 is 11.7 Å². The number of nitrogen functional groups attached to an aromatic ring is 1. The van der Waals surface area contributed by atoms with Crippen molar-refractivity contribution in [2.75, 3.05) is 5.73 Å². The molecule has 0 radical (unpaired) electrons. The van der Waals surface area contributed by atoms with Crippen molar-refractivity contribution >= 4 is 11.6 Å². The molecule has 5 nitrogen and oxygen atoms in total. The Labute approximate surface area is 102 Å². The standard InChI is InChI=1S/C12H10FN3O2/c13-8-2-3-10(9(14)5-8)18-11-4-1-7(6-16-11)12(15)17/h1-6H,14H2,(H2,15,17). The molecule has 0 bridgehead atoms. The number of pyridine rings is 1. The van der Waals surface area contributed by atoms with Gasteiger partial charge in [-0.2, -0.15) is 0 Å². The minimum atomic E-state index is -0.574. The van der Waals surface area contributed by atoms with Gasteiger partial charge in [0.1, 0.15) is 5.82 Å². The maximum absolute atomic E-state index is 12.8. The first-order valence-electron chi connectivity index (χ1n) is 5.05. The van der Waals surface area contributed by atoms with Gasteiger partial charge in [-0.3, -0.25) is 4.79 Å². The normalized spacial score (nSPS) is 10.1. The van der Waals surface area contributed by atoms with Crippen molar-refractivity contribution < 1.29 is 13.9 Å². The Kier molecular flexibility index (Phi) is 3.09. The number of rotatable bonds is 3. The molecule has 0 unspecified atom stereocenters. The lowest BCUT2D eigenvalue weighted by atomic mass is 10.3. The fourth-order valence-electron chi connectivity index (χ4n) is 1.31. The molecule has 1 aromatic heterocycles. The number of aromatic nitrogens is 1. The highest BCUT2D eigenvalue weighted by Crippen LogP contribution is 2.26. The number of primary amides is 1. The van der Waals surface area contributed by atoms with Crippen molar-refractivity contribution in [3.8, 4) is 11.6 Å². The summed E-state index contributed by atoms with van der Waals surface area (Å²) >= 11 is 0. The molecule has 1 amide bonds. The largest absolute Gasteiger partial charge is 0.437 e. The van der Waals surface area contributed by atoms with E-state index in [4.69, 9.17) is 16.2 Å². The Bertz CT molecular complexity index is 584. The summed E-state index contributed by atoms with van der Waals surface area (Å²) in [6.07, 6.45) is 1.29. The molecule has 2 rings (SSSR count). The maximum atomic E-state index is 12.8. The molecule has 0 aliphatic carbocycles. The first-order valence-corrected chi connectivity index (χ1v) is 5.05. The maximum Gasteiger partial charge on any atom is 0.250 e. The van der Waals surface area contributed by atoms with Crippen molar-refractivity contribution in [1.82, 2.24) is 4.98 Å². The minimum Gasteiger partial charge on any atom is -0.437 e. The van der Waals surface area contributed by atoms with E-state index >= 15 is 0 Å². The van der Waals surface area contributed by atoms with E-state index in [0.717, 1.165) is 6.07 Å². The van der Waals surface area contributed by atoms with Gasteiger partial charge >= 0.3 is 0 Å². The second kappa shape index (κ2) is 4.70. The summed E-state index contributed by atoms with van der Waals surface area (Å²) in [5.74, 6) is -0.499. The quantitative estimate of drug-likeness (QED) is 0.807. The summed E-state index contributed by atoms with van der Waals surface area (Å²) in [7, 11) is 0. The number of amides is 1. The zero-order valence-corrected chi connectivity index (χ0v) is 9.26. The molecule has 0 aliphatic heterocycles. The molecular formula is C12H10FN3O2. The number of ether oxygens (including phenoxy) is 1. The third kappa shape index (κ3) is 2.54. The number of benzene rings is 1. The van der Waals surface area contributed by atoms with Gasteiger partial charge in [0.25, 0.3) is 0 Å². The second-order valence-electron chi connectivity index (χ2n) is 3.53. The van der Waals surface area contributed by atoms with Gasteiger partial charge in [-0.05, 0) is 18.2 Å². The van der Waals surface area contributed by atoms with Gasteiger partial charge in [0.2, 0.25) is 11.8 Å². The third-order valence-corrected chi connectivity index (χ3v) is 2.21. The molecule has 92 valence electrons. The number of hydrogen-bond acceptors (Lipinski definition) is 4. The van der Waals surface area contributed by atoms with Crippen LogP contribution in [0.25, 0.3) is 0 Å². The number of halogens is 1. The average molecular weight is 247 g/mol. The molecule has 0 atom stereocenters. The molecule has 0 saturated carbocycles. The molecule has 18 heavy (non-hydrogen) atoms. The van der Waals surface area contributed by atoms with Crippen LogP contribution in [0.3, 0.4) is 0 Å². The van der Waals surface area contributed by atoms with Crippen molar-refractivity contribution in [2.45, 2.75) is 0 Å². The molecular weight excluding hydrogens is 237 g/mol. The Balaban J connectivity index is 2.21. The zero-order chi connectivity index (χ0) is 13.1. The predicted octanol–water partition coefficient (Wildman–Crippen LogP) is 1.69. The fourth-order valence-corrected chi connectivity index (χ4v) is 1.31. The lowest BCUT2D eigenvalue weighted by Gasteiger charge is -2.07. The van der Waals surface area contributed by atoms with Crippen LogP contribution >= 0.6 is 0 Å². The predicted molar refractivity (Wildman–Crippen MR) is 63.6 cm³/mol. The smallest absolute Gasteiger partial charge is 0.250 e. The lowest BCUT2D eigenvalue weighted by molar-refractivity contribution is 0.1000. The van der Waals surface area contributed by atoms with Crippen LogP contribution in [-0.4, -0.2) is 10.9 Å². The third-order valence-electron chi connectivity index (χ3n) is 2.21. The Morgan fingerprint density at radius 1 is 1.28 bits per heavy atom. The topological polar surface area (TPSA) is 91.2 Å². The molecule has 1 heterocycles. The van der Waals surface area contributed by atoms with E-state index in [1.807, 2.05) is 0 Å². The Morgan fingerprint density at radius 3 is 2.61 bits per heavy atom. The molecule has 0 spiro atoms. The summed E-state index contributed by atoms with van der Waals surface area (Å²) in [5, 5.41) is 0. The number of nitrogens with zero attached hydrogens (tertiary/aromatic N) is 1. The van der Waals surface area contributed by atoms with Gasteiger partial charge in [-0.15, -0.1) is 0 Å².